The maximum absolute atomic E-state index is 10.9. The van der Waals surface area contributed by atoms with E-state index in [1.54, 1.807) is 0 Å². The fourth-order valence-electron chi connectivity index (χ4n) is 0.962. The second-order valence-corrected chi connectivity index (χ2v) is 2.74. The molecule has 1 rings (SSSR count). The minimum Gasteiger partial charge on any atom is -0.479 e. The Morgan fingerprint density at radius 1 is 1.91 bits per heavy atom. The number of carboxylic acid groups (broad SMARTS) is 1. The molecular weight excluding hydrogens is 150 g/mol. The van der Waals surface area contributed by atoms with Crippen LogP contribution in [0.1, 0.15) is 6.92 Å². The number of nitrogens with two attached hydrogens (primary N) is 1. The van der Waals surface area contributed by atoms with Gasteiger partial charge in [0, 0.05) is 0 Å². The number of carbonyl (C=O) groups is 2. The van der Waals surface area contributed by atoms with E-state index in [1.807, 2.05) is 0 Å². The molecule has 1 saturated heterocycles. The summed E-state index contributed by atoms with van der Waals surface area (Å²) >= 11 is 0. The summed E-state index contributed by atoms with van der Waals surface area (Å²) in [5.41, 5.74) is 4.04. The number of ether oxygens (including phenoxy) is 1. The fourth-order valence-corrected chi connectivity index (χ4v) is 0.962. The summed E-state index contributed by atoms with van der Waals surface area (Å²) in [7, 11) is 0. The van der Waals surface area contributed by atoms with Gasteiger partial charge >= 0.3 is 5.97 Å². The van der Waals surface area contributed by atoms with E-state index in [0.717, 1.165) is 0 Å². The van der Waals surface area contributed by atoms with Crippen molar-refractivity contribution in [2.45, 2.75) is 18.6 Å². The molecule has 0 bridgehead atoms. The van der Waals surface area contributed by atoms with Crippen LogP contribution in [-0.2, 0) is 14.3 Å². The molecule has 3 N–H and O–H groups in total. The molecular formula is C6H9NO4. The highest BCUT2D eigenvalue weighted by atomic mass is 16.5. The first-order chi connectivity index (χ1) is 4.96. The number of rotatable bonds is 1. The van der Waals surface area contributed by atoms with Crippen LogP contribution in [0.25, 0.3) is 0 Å². The molecule has 0 spiro atoms. The molecule has 5 nitrogen and oxygen atoms in total. The highest BCUT2D eigenvalue weighted by Gasteiger charge is 2.48. The second kappa shape index (κ2) is 2.28. The normalized spacial score (nSPS) is 37.6. The number of ketones is 1. The molecule has 62 valence electrons. The Morgan fingerprint density at radius 3 is 2.64 bits per heavy atom. The Kier molecular flexibility index (Phi) is 1.69. The molecule has 0 radical (unpaired) electrons. The molecule has 1 aliphatic rings. The van der Waals surface area contributed by atoms with Crippen molar-refractivity contribution in [1.82, 2.24) is 0 Å². The maximum atomic E-state index is 10.9. The molecule has 0 saturated carbocycles. The van der Waals surface area contributed by atoms with Gasteiger partial charge in [-0.25, -0.2) is 4.79 Å². The molecule has 0 aromatic carbocycles. The summed E-state index contributed by atoms with van der Waals surface area (Å²) in [5, 5.41) is 8.51. The highest BCUT2D eigenvalue weighted by Crippen LogP contribution is 2.19. The van der Waals surface area contributed by atoms with Gasteiger partial charge in [-0.1, -0.05) is 0 Å². The van der Waals surface area contributed by atoms with Gasteiger partial charge in [0.2, 0.25) is 0 Å². The molecule has 11 heavy (non-hydrogen) atoms. The Balaban J connectivity index is 2.87. The summed E-state index contributed by atoms with van der Waals surface area (Å²) in [6.07, 6.45) is -1.20. The number of hydrogen-bond donors (Lipinski definition) is 2. The Bertz CT molecular complexity index is 211. The molecule has 1 heterocycles. The van der Waals surface area contributed by atoms with Crippen molar-refractivity contribution >= 4 is 11.8 Å². The third-order valence-corrected chi connectivity index (χ3v) is 1.75. The lowest BCUT2D eigenvalue weighted by Gasteiger charge is -2.18. The predicted octanol–water partition coefficient (Wildman–Crippen LogP) is -1.24. The lowest BCUT2D eigenvalue weighted by atomic mass is 9.94. The standard InChI is InChI=1S/C6H9NO4/c1-6(7)3(8)2-11-4(6)5(9)10/h4H,2,7H2,1H3,(H,9,10). The molecule has 0 aliphatic carbocycles. The lowest BCUT2D eigenvalue weighted by Crippen LogP contribution is -2.53. The van der Waals surface area contributed by atoms with Crippen LogP contribution in [0.2, 0.25) is 0 Å². The Hall–Kier alpha value is -0.940. The van der Waals surface area contributed by atoms with E-state index in [-0.39, 0.29) is 12.4 Å². The van der Waals surface area contributed by atoms with Crippen molar-refractivity contribution in [2.75, 3.05) is 6.61 Å². The molecule has 2 unspecified atom stereocenters. The van der Waals surface area contributed by atoms with Gasteiger partial charge in [0.05, 0.1) is 0 Å². The van der Waals surface area contributed by atoms with E-state index < -0.39 is 17.6 Å². The SMILES string of the molecule is CC1(N)C(=O)COC1C(=O)O. The minimum atomic E-state index is -1.37. The summed E-state index contributed by atoms with van der Waals surface area (Å²) < 4.78 is 4.67. The van der Waals surface area contributed by atoms with E-state index in [1.165, 1.54) is 6.92 Å². The zero-order valence-electron chi connectivity index (χ0n) is 6.03. The van der Waals surface area contributed by atoms with E-state index in [0.29, 0.717) is 0 Å². The monoisotopic (exact) mass is 159 g/mol. The van der Waals surface area contributed by atoms with Crippen molar-refractivity contribution in [3.63, 3.8) is 0 Å². The van der Waals surface area contributed by atoms with Crippen molar-refractivity contribution in [3.8, 4) is 0 Å². The number of hydrogen-bond acceptors (Lipinski definition) is 4. The quantitative estimate of drug-likeness (QED) is 0.499. The van der Waals surface area contributed by atoms with Crippen LogP contribution in [-0.4, -0.2) is 35.1 Å². The van der Waals surface area contributed by atoms with Crippen molar-refractivity contribution in [3.05, 3.63) is 0 Å². The van der Waals surface area contributed by atoms with Crippen molar-refractivity contribution in [2.24, 2.45) is 5.73 Å². The summed E-state index contributed by atoms with van der Waals surface area (Å²) in [6, 6.07) is 0. The van der Waals surface area contributed by atoms with Crippen LogP contribution < -0.4 is 5.73 Å². The first kappa shape index (κ1) is 8.16. The fraction of sp³-hybridized carbons (Fsp3) is 0.667. The van der Waals surface area contributed by atoms with Gasteiger partial charge in [0.25, 0.3) is 0 Å². The van der Waals surface area contributed by atoms with Gasteiger partial charge in [0.15, 0.2) is 11.9 Å². The smallest absolute Gasteiger partial charge is 0.335 e. The second-order valence-electron chi connectivity index (χ2n) is 2.74. The number of carbonyl (C=O) groups excluding carboxylic acids is 1. The van der Waals surface area contributed by atoms with Gasteiger partial charge in [-0.15, -0.1) is 0 Å². The zero-order chi connectivity index (χ0) is 8.65. The molecule has 5 heteroatoms. The van der Waals surface area contributed by atoms with Crippen LogP contribution in [0.15, 0.2) is 0 Å². The van der Waals surface area contributed by atoms with Crippen LogP contribution in [0.3, 0.4) is 0 Å². The third-order valence-electron chi connectivity index (χ3n) is 1.75. The number of Topliss-reactive ketones (excluding diaryl/α,β-unsaturated/α-hetero) is 1. The molecule has 2 atom stereocenters. The zero-order valence-corrected chi connectivity index (χ0v) is 6.03. The Morgan fingerprint density at radius 2 is 2.45 bits per heavy atom. The first-order valence-electron chi connectivity index (χ1n) is 3.13. The highest BCUT2D eigenvalue weighted by molar-refractivity contribution is 5.97. The van der Waals surface area contributed by atoms with Crippen LogP contribution >= 0.6 is 0 Å². The third kappa shape index (κ3) is 1.12. The van der Waals surface area contributed by atoms with Crippen LogP contribution in [0, 0.1) is 0 Å². The van der Waals surface area contributed by atoms with Gasteiger partial charge in [-0.05, 0) is 6.92 Å². The molecule has 1 aliphatic heterocycles. The molecule has 0 aromatic rings. The maximum Gasteiger partial charge on any atom is 0.335 e. The van der Waals surface area contributed by atoms with Crippen molar-refractivity contribution in [1.29, 1.82) is 0 Å². The van der Waals surface area contributed by atoms with E-state index in [9.17, 15) is 9.59 Å². The number of carboxylic acids is 1. The average molecular weight is 159 g/mol. The number of aliphatic carboxylic acids is 1. The largest absolute Gasteiger partial charge is 0.479 e. The van der Waals surface area contributed by atoms with Gasteiger partial charge in [0.1, 0.15) is 12.1 Å². The topological polar surface area (TPSA) is 89.6 Å². The molecule has 0 aromatic heterocycles. The van der Waals surface area contributed by atoms with E-state index in [4.69, 9.17) is 10.8 Å². The summed E-state index contributed by atoms with van der Waals surface area (Å²) in [6.45, 7) is 1.16. The van der Waals surface area contributed by atoms with Crippen LogP contribution in [0.5, 0.6) is 0 Å². The van der Waals surface area contributed by atoms with E-state index >= 15 is 0 Å². The predicted molar refractivity (Wildman–Crippen MR) is 35.0 cm³/mol. The molecule has 0 amide bonds. The summed E-state index contributed by atoms with van der Waals surface area (Å²) in [5.74, 6) is -1.56. The van der Waals surface area contributed by atoms with E-state index in [2.05, 4.69) is 4.74 Å². The van der Waals surface area contributed by atoms with Gasteiger partial charge in [-0.2, -0.15) is 0 Å². The lowest BCUT2D eigenvalue weighted by molar-refractivity contribution is -0.149. The van der Waals surface area contributed by atoms with Gasteiger partial charge in [-0.3, -0.25) is 4.79 Å². The first-order valence-corrected chi connectivity index (χ1v) is 3.13. The molecule has 1 fully saturated rings. The van der Waals surface area contributed by atoms with Crippen LogP contribution in [0.4, 0.5) is 0 Å². The van der Waals surface area contributed by atoms with Crippen molar-refractivity contribution < 1.29 is 19.4 Å². The Labute approximate surface area is 63.1 Å². The minimum absolute atomic E-state index is 0.204. The summed E-state index contributed by atoms with van der Waals surface area (Å²) in [4.78, 5) is 21.3. The average Bonchev–Trinajstić information content (AvgIpc) is 2.08. The van der Waals surface area contributed by atoms with Gasteiger partial charge < -0.3 is 15.6 Å².